The van der Waals surface area contributed by atoms with Crippen LogP contribution in [0.15, 0.2) is 24.5 Å². The first kappa shape index (κ1) is 10.6. The number of nitrogens with zero attached hydrogens (tertiary/aromatic N) is 1. The number of pyridine rings is 1. The fraction of sp³-hybridized carbons (Fsp3) is 0.615. The van der Waals surface area contributed by atoms with E-state index in [1.807, 2.05) is 12.1 Å². The highest BCUT2D eigenvalue weighted by Crippen LogP contribution is 2.32. The Morgan fingerprint density at radius 1 is 1.20 bits per heavy atom. The summed E-state index contributed by atoms with van der Waals surface area (Å²) in [5, 5.41) is 10.2. The van der Waals surface area contributed by atoms with Gasteiger partial charge in [0.15, 0.2) is 0 Å². The van der Waals surface area contributed by atoms with E-state index in [9.17, 15) is 5.11 Å². The smallest absolute Gasteiger partial charge is 0.0833 e. The molecule has 0 spiro atoms. The van der Waals surface area contributed by atoms with Gasteiger partial charge in [0.25, 0.3) is 0 Å². The molecule has 82 valence electrons. The summed E-state index contributed by atoms with van der Waals surface area (Å²) in [6, 6.07) is 3.87. The SMILES string of the molecule is O[C@@H](c1cccnc1)C1CCCCCC1. The van der Waals surface area contributed by atoms with Crippen LogP contribution in [0.1, 0.15) is 50.2 Å². The summed E-state index contributed by atoms with van der Waals surface area (Å²) in [5.74, 6) is 0.441. The topological polar surface area (TPSA) is 33.1 Å². The van der Waals surface area contributed by atoms with Crippen molar-refractivity contribution in [3.63, 3.8) is 0 Å². The summed E-state index contributed by atoms with van der Waals surface area (Å²) in [5.41, 5.74) is 0.976. The standard InChI is InChI=1S/C13H19NO/c15-13(12-8-5-9-14-10-12)11-6-3-1-2-4-7-11/h5,8-11,13,15H,1-4,6-7H2/t13-/m1/s1. The molecule has 1 aromatic heterocycles. The van der Waals surface area contributed by atoms with E-state index >= 15 is 0 Å². The first-order valence-electron chi connectivity index (χ1n) is 5.96. The molecule has 15 heavy (non-hydrogen) atoms. The summed E-state index contributed by atoms with van der Waals surface area (Å²) in [6.45, 7) is 0. The maximum absolute atomic E-state index is 10.2. The average molecular weight is 205 g/mol. The fourth-order valence-corrected chi connectivity index (χ4v) is 2.45. The lowest BCUT2D eigenvalue weighted by Gasteiger charge is -2.21. The molecule has 1 N–H and O–H groups in total. The Labute approximate surface area is 91.4 Å². The zero-order chi connectivity index (χ0) is 10.5. The molecule has 0 saturated heterocycles. The lowest BCUT2D eigenvalue weighted by atomic mass is 9.90. The van der Waals surface area contributed by atoms with E-state index in [4.69, 9.17) is 0 Å². The molecule has 0 aromatic carbocycles. The predicted octanol–water partition coefficient (Wildman–Crippen LogP) is 3.09. The lowest BCUT2D eigenvalue weighted by molar-refractivity contribution is 0.0985. The van der Waals surface area contributed by atoms with Crippen LogP contribution in [0.4, 0.5) is 0 Å². The van der Waals surface area contributed by atoms with Crippen LogP contribution < -0.4 is 0 Å². The van der Waals surface area contributed by atoms with Crippen LogP contribution in [0.3, 0.4) is 0 Å². The van der Waals surface area contributed by atoms with Crippen molar-refractivity contribution in [2.24, 2.45) is 5.92 Å². The van der Waals surface area contributed by atoms with Crippen molar-refractivity contribution in [2.45, 2.75) is 44.6 Å². The zero-order valence-electron chi connectivity index (χ0n) is 9.10. The zero-order valence-corrected chi connectivity index (χ0v) is 9.10. The Balaban J connectivity index is 2.03. The number of aliphatic hydroxyl groups is 1. The van der Waals surface area contributed by atoms with Gasteiger partial charge in [-0.3, -0.25) is 4.98 Å². The van der Waals surface area contributed by atoms with E-state index in [1.165, 1.54) is 25.7 Å². The average Bonchev–Trinajstić information content (AvgIpc) is 2.58. The van der Waals surface area contributed by atoms with Gasteiger partial charge in [0.1, 0.15) is 0 Å². The molecule has 1 fully saturated rings. The normalized spacial score (nSPS) is 20.9. The highest BCUT2D eigenvalue weighted by molar-refractivity contribution is 5.12. The molecule has 0 radical (unpaired) electrons. The summed E-state index contributed by atoms with van der Waals surface area (Å²) in [7, 11) is 0. The summed E-state index contributed by atoms with van der Waals surface area (Å²) >= 11 is 0. The van der Waals surface area contributed by atoms with E-state index in [0.717, 1.165) is 18.4 Å². The molecule has 1 atom stereocenters. The number of hydrogen-bond acceptors (Lipinski definition) is 2. The Hall–Kier alpha value is -0.890. The van der Waals surface area contributed by atoms with Gasteiger partial charge in [0.2, 0.25) is 0 Å². The molecule has 1 saturated carbocycles. The molecule has 1 aromatic rings. The minimum absolute atomic E-state index is 0.309. The molecular weight excluding hydrogens is 186 g/mol. The molecule has 2 heteroatoms. The highest BCUT2D eigenvalue weighted by atomic mass is 16.3. The monoisotopic (exact) mass is 205 g/mol. The number of rotatable bonds is 2. The van der Waals surface area contributed by atoms with E-state index in [0.29, 0.717) is 5.92 Å². The number of aliphatic hydroxyl groups excluding tert-OH is 1. The van der Waals surface area contributed by atoms with E-state index in [2.05, 4.69) is 4.98 Å². The molecule has 1 aliphatic carbocycles. The minimum atomic E-state index is -0.309. The first-order chi connectivity index (χ1) is 7.38. The Morgan fingerprint density at radius 2 is 1.93 bits per heavy atom. The summed E-state index contributed by atoms with van der Waals surface area (Å²) < 4.78 is 0. The third-order valence-corrected chi connectivity index (χ3v) is 3.37. The van der Waals surface area contributed by atoms with Crippen LogP contribution in [0.5, 0.6) is 0 Å². The molecule has 0 amide bonds. The van der Waals surface area contributed by atoms with E-state index < -0.39 is 0 Å². The van der Waals surface area contributed by atoms with Crippen molar-refractivity contribution in [3.05, 3.63) is 30.1 Å². The minimum Gasteiger partial charge on any atom is -0.388 e. The maximum atomic E-state index is 10.2. The van der Waals surface area contributed by atoms with Crippen molar-refractivity contribution in [2.75, 3.05) is 0 Å². The highest BCUT2D eigenvalue weighted by Gasteiger charge is 2.21. The quantitative estimate of drug-likeness (QED) is 0.753. The second-order valence-electron chi connectivity index (χ2n) is 4.48. The predicted molar refractivity (Wildman–Crippen MR) is 60.4 cm³/mol. The van der Waals surface area contributed by atoms with Gasteiger partial charge in [-0.1, -0.05) is 31.7 Å². The van der Waals surface area contributed by atoms with Gasteiger partial charge in [-0.15, -0.1) is 0 Å². The van der Waals surface area contributed by atoms with Crippen molar-refractivity contribution in [3.8, 4) is 0 Å². The van der Waals surface area contributed by atoms with Gasteiger partial charge in [-0.05, 0) is 30.4 Å². The molecular formula is C13H19NO. The molecule has 0 bridgehead atoms. The third kappa shape index (κ3) is 2.78. The number of aromatic nitrogens is 1. The molecule has 1 heterocycles. The molecule has 0 aliphatic heterocycles. The van der Waals surface area contributed by atoms with Gasteiger partial charge in [0, 0.05) is 12.4 Å². The lowest BCUT2D eigenvalue weighted by Crippen LogP contribution is -2.12. The van der Waals surface area contributed by atoms with Gasteiger partial charge in [-0.25, -0.2) is 0 Å². The molecule has 2 nitrogen and oxygen atoms in total. The Kier molecular flexibility index (Phi) is 3.73. The fourth-order valence-electron chi connectivity index (χ4n) is 2.45. The van der Waals surface area contributed by atoms with Crippen molar-refractivity contribution >= 4 is 0 Å². The second kappa shape index (κ2) is 5.26. The van der Waals surface area contributed by atoms with Crippen molar-refractivity contribution in [1.82, 2.24) is 4.98 Å². The summed E-state index contributed by atoms with van der Waals surface area (Å²) in [6.07, 6.45) is 10.7. The largest absolute Gasteiger partial charge is 0.388 e. The van der Waals surface area contributed by atoms with Crippen molar-refractivity contribution in [1.29, 1.82) is 0 Å². The van der Waals surface area contributed by atoms with E-state index in [1.54, 1.807) is 12.4 Å². The van der Waals surface area contributed by atoms with Crippen LogP contribution in [0.2, 0.25) is 0 Å². The van der Waals surface area contributed by atoms with E-state index in [-0.39, 0.29) is 6.10 Å². The molecule has 2 rings (SSSR count). The van der Waals surface area contributed by atoms with Gasteiger partial charge in [-0.2, -0.15) is 0 Å². The Morgan fingerprint density at radius 3 is 2.53 bits per heavy atom. The van der Waals surface area contributed by atoms with Crippen LogP contribution in [0, 0.1) is 5.92 Å². The van der Waals surface area contributed by atoms with Crippen LogP contribution in [0.25, 0.3) is 0 Å². The molecule has 0 unspecified atom stereocenters. The van der Waals surface area contributed by atoms with Crippen LogP contribution >= 0.6 is 0 Å². The number of hydrogen-bond donors (Lipinski definition) is 1. The Bertz CT molecular complexity index is 278. The maximum Gasteiger partial charge on any atom is 0.0833 e. The molecule has 1 aliphatic rings. The first-order valence-corrected chi connectivity index (χ1v) is 5.96. The van der Waals surface area contributed by atoms with Crippen LogP contribution in [-0.4, -0.2) is 10.1 Å². The van der Waals surface area contributed by atoms with Crippen molar-refractivity contribution < 1.29 is 5.11 Å². The van der Waals surface area contributed by atoms with Crippen LogP contribution in [-0.2, 0) is 0 Å². The van der Waals surface area contributed by atoms with Gasteiger partial charge >= 0.3 is 0 Å². The van der Waals surface area contributed by atoms with Gasteiger partial charge in [0.05, 0.1) is 6.10 Å². The second-order valence-corrected chi connectivity index (χ2v) is 4.48. The third-order valence-electron chi connectivity index (χ3n) is 3.37. The van der Waals surface area contributed by atoms with Gasteiger partial charge < -0.3 is 5.11 Å². The summed E-state index contributed by atoms with van der Waals surface area (Å²) in [4.78, 5) is 4.06.